The van der Waals surface area contributed by atoms with E-state index in [0.29, 0.717) is 6.04 Å². The minimum absolute atomic E-state index is 0.173. The number of rotatable bonds is 2. The Morgan fingerprint density at radius 2 is 2.11 bits per heavy atom. The summed E-state index contributed by atoms with van der Waals surface area (Å²) in [4.78, 5) is 2.42. The third-order valence-corrected chi connectivity index (χ3v) is 4.49. The normalized spacial score (nSPS) is 23.9. The van der Waals surface area contributed by atoms with Crippen molar-refractivity contribution < 1.29 is 4.39 Å². The predicted octanol–water partition coefficient (Wildman–Crippen LogP) is 2.46. The molecule has 18 heavy (non-hydrogen) atoms. The van der Waals surface area contributed by atoms with Gasteiger partial charge in [0.1, 0.15) is 11.3 Å². The average Bonchev–Trinajstić information content (AvgIpc) is 2.77. The van der Waals surface area contributed by atoms with E-state index >= 15 is 0 Å². The maximum atomic E-state index is 13.3. The van der Waals surface area contributed by atoms with Crippen LogP contribution in [-0.2, 0) is 0 Å². The zero-order valence-corrected chi connectivity index (χ0v) is 11.3. The lowest BCUT2D eigenvalue weighted by Gasteiger charge is -2.36. The van der Waals surface area contributed by atoms with Gasteiger partial charge >= 0.3 is 0 Å². The largest absolute Gasteiger partial charge is 0.355 e. The highest BCUT2D eigenvalue weighted by molar-refractivity contribution is 7.99. The van der Waals surface area contributed by atoms with E-state index in [1.807, 2.05) is 6.07 Å². The summed E-state index contributed by atoms with van der Waals surface area (Å²) >= 11 is 1.77. The van der Waals surface area contributed by atoms with Gasteiger partial charge in [-0.05, 0) is 50.4 Å². The first-order valence-corrected chi connectivity index (χ1v) is 7.66. The Kier molecular flexibility index (Phi) is 3.35. The topological polar surface area (TPSA) is 27.3 Å². The van der Waals surface area contributed by atoms with Gasteiger partial charge in [-0.25, -0.2) is 4.39 Å². The Morgan fingerprint density at radius 3 is 2.83 bits per heavy atom. The van der Waals surface area contributed by atoms with Crippen LogP contribution in [0.1, 0.15) is 12.8 Å². The highest BCUT2D eigenvalue weighted by atomic mass is 32.2. The van der Waals surface area contributed by atoms with Crippen molar-refractivity contribution in [3.8, 4) is 0 Å². The SMILES string of the molecule is CSC1Nc2cc(F)ccc2N1C1CCNCC1. The van der Waals surface area contributed by atoms with E-state index in [4.69, 9.17) is 0 Å². The summed E-state index contributed by atoms with van der Waals surface area (Å²) in [7, 11) is 0. The monoisotopic (exact) mass is 267 g/mol. The molecule has 0 amide bonds. The predicted molar refractivity (Wildman–Crippen MR) is 75.7 cm³/mol. The van der Waals surface area contributed by atoms with Gasteiger partial charge in [-0.2, -0.15) is 0 Å². The second-order valence-electron chi connectivity index (χ2n) is 4.78. The first-order valence-electron chi connectivity index (χ1n) is 6.37. The molecule has 1 saturated heterocycles. The standard InChI is InChI=1S/C13H18FN3S/c1-18-13-16-11-8-9(14)2-3-12(11)17(13)10-4-6-15-7-5-10/h2-3,8,10,13,15-16H,4-7H2,1H3. The van der Waals surface area contributed by atoms with Gasteiger partial charge in [0.2, 0.25) is 0 Å². The molecule has 1 aromatic carbocycles. The van der Waals surface area contributed by atoms with Crippen molar-refractivity contribution >= 4 is 23.1 Å². The molecule has 0 saturated carbocycles. The van der Waals surface area contributed by atoms with Gasteiger partial charge in [0.15, 0.2) is 0 Å². The summed E-state index contributed by atoms with van der Waals surface area (Å²) in [6, 6.07) is 5.59. The number of anilines is 2. The molecule has 2 aliphatic rings. The number of benzene rings is 1. The molecule has 1 unspecified atom stereocenters. The van der Waals surface area contributed by atoms with Crippen LogP contribution in [0.25, 0.3) is 0 Å². The first-order chi connectivity index (χ1) is 8.79. The third kappa shape index (κ3) is 2.06. The second-order valence-corrected chi connectivity index (χ2v) is 5.70. The van der Waals surface area contributed by atoms with Gasteiger partial charge in [-0.15, -0.1) is 11.8 Å². The molecule has 3 nitrogen and oxygen atoms in total. The van der Waals surface area contributed by atoms with Crippen LogP contribution in [-0.4, -0.2) is 30.9 Å². The molecular formula is C13H18FN3S. The molecule has 2 heterocycles. The average molecular weight is 267 g/mol. The lowest BCUT2D eigenvalue weighted by Crippen LogP contribution is -2.46. The van der Waals surface area contributed by atoms with Gasteiger partial charge in [-0.1, -0.05) is 0 Å². The quantitative estimate of drug-likeness (QED) is 0.861. The van der Waals surface area contributed by atoms with E-state index in [2.05, 4.69) is 21.8 Å². The van der Waals surface area contributed by atoms with Crippen LogP contribution >= 0.6 is 11.8 Å². The molecular weight excluding hydrogens is 249 g/mol. The Labute approximate surface area is 111 Å². The van der Waals surface area contributed by atoms with Crippen LogP contribution in [0.15, 0.2) is 18.2 Å². The smallest absolute Gasteiger partial charge is 0.148 e. The molecule has 0 radical (unpaired) electrons. The first kappa shape index (κ1) is 12.1. The summed E-state index contributed by atoms with van der Waals surface area (Å²) in [6.07, 6.45) is 4.39. The molecule has 2 aliphatic heterocycles. The van der Waals surface area contributed by atoms with Gasteiger partial charge in [0.25, 0.3) is 0 Å². The lowest BCUT2D eigenvalue weighted by molar-refractivity contribution is 0.433. The molecule has 0 spiro atoms. The van der Waals surface area contributed by atoms with Gasteiger partial charge in [0.05, 0.1) is 11.4 Å². The number of hydrogen-bond acceptors (Lipinski definition) is 4. The number of nitrogens with zero attached hydrogens (tertiary/aromatic N) is 1. The molecule has 1 fully saturated rings. The van der Waals surface area contributed by atoms with Crippen LogP contribution in [0.2, 0.25) is 0 Å². The van der Waals surface area contributed by atoms with Crippen LogP contribution in [0.3, 0.4) is 0 Å². The van der Waals surface area contributed by atoms with Crippen molar-refractivity contribution in [3.63, 3.8) is 0 Å². The second kappa shape index (κ2) is 4.97. The van der Waals surface area contributed by atoms with Gasteiger partial charge in [0, 0.05) is 6.04 Å². The summed E-state index contributed by atoms with van der Waals surface area (Å²) in [5, 5.41) is 6.79. The highest BCUT2D eigenvalue weighted by Crippen LogP contribution is 2.40. The van der Waals surface area contributed by atoms with E-state index in [-0.39, 0.29) is 11.3 Å². The molecule has 0 bridgehead atoms. The highest BCUT2D eigenvalue weighted by Gasteiger charge is 2.34. The minimum Gasteiger partial charge on any atom is -0.355 e. The zero-order valence-electron chi connectivity index (χ0n) is 10.4. The van der Waals surface area contributed by atoms with Crippen molar-refractivity contribution in [1.82, 2.24) is 5.32 Å². The summed E-state index contributed by atoms with van der Waals surface area (Å²) < 4.78 is 13.3. The molecule has 5 heteroatoms. The molecule has 98 valence electrons. The fourth-order valence-corrected chi connectivity index (χ4v) is 3.58. The van der Waals surface area contributed by atoms with Gasteiger partial charge < -0.3 is 15.5 Å². The fourth-order valence-electron chi connectivity index (χ4n) is 2.82. The Hall–Kier alpha value is -0.940. The van der Waals surface area contributed by atoms with Crippen LogP contribution in [0.4, 0.5) is 15.8 Å². The van der Waals surface area contributed by atoms with Crippen LogP contribution in [0, 0.1) is 5.82 Å². The Bertz CT molecular complexity index is 434. The van der Waals surface area contributed by atoms with E-state index < -0.39 is 0 Å². The van der Waals surface area contributed by atoms with E-state index in [1.165, 1.54) is 0 Å². The Morgan fingerprint density at radius 1 is 1.33 bits per heavy atom. The zero-order chi connectivity index (χ0) is 12.5. The molecule has 0 aliphatic carbocycles. The summed E-state index contributed by atoms with van der Waals surface area (Å²) in [5.74, 6) is -0.173. The number of halogens is 1. The van der Waals surface area contributed by atoms with Crippen molar-refractivity contribution in [2.75, 3.05) is 29.6 Å². The summed E-state index contributed by atoms with van der Waals surface area (Å²) in [5.41, 5.74) is 2.29. The number of fused-ring (bicyclic) bond motifs is 1. The molecule has 3 rings (SSSR count). The molecule has 2 N–H and O–H groups in total. The van der Waals surface area contributed by atoms with E-state index in [1.54, 1.807) is 23.9 Å². The fraction of sp³-hybridized carbons (Fsp3) is 0.538. The maximum absolute atomic E-state index is 13.3. The number of thioether (sulfide) groups is 1. The Balaban J connectivity index is 1.91. The minimum atomic E-state index is -0.173. The molecule has 0 aromatic heterocycles. The van der Waals surface area contributed by atoms with Crippen molar-refractivity contribution in [2.45, 2.75) is 24.4 Å². The van der Waals surface area contributed by atoms with Crippen molar-refractivity contribution in [1.29, 1.82) is 0 Å². The van der Waals surface area contributed by atoms with E-state index in [9.17, 15) is 4.39 Å². The number of piperidine rings is 1. The summed E-state index contributed by atoms with van der Waals surface area (Å²) in [6.45, 7) is 2.14. The van der Waals surface area contributed by atoms with Crippen LogP contribution < -0.4 is 15.5 Å². The van der Waals surface area contributed by atoms with E-state index in [0.717, 1.165) is 37.3 Å². The maximum Gasteiger partial charge on any atom is 0.148 e. The van der Waals surface area contributed by atoms with Crippen molar-refractivity contribution in [3.05, 3.63) is 24.0 Å². The number of hydrogen-bond donors (Lipinski definition) is 2. The van der Waals surface area contributed by atoms with Gasteiger partial charge in [-0.3, -0.25) is 0 Å². The third-order valence-electron chi connectivity index (χ3n) is 3.69. The number of nitrogens with one attached hydrogen (secondary N) is 2. The molecule has 1 atom stereocenters. The van der Waals surface area contributed by atoms with Crippen molar-refractivity contribution in [2.24, 2.45) is 0 Å². The van der Waals surface area contributed by atoms with Crippen LogP contribution in [0.5, 0.6) is 0 Å². The molecule has 1 aromatic rings. The lowest BCUT2D eigenvalue weighted by atomic mass is 10.0.